The molecule has 118 valence electrons. The lowest BCUT2D eigenvalue weighted by molar-refractivity contribution is 0.413. The van der Waals surface area contributed by atoms with E-state index in [0.29, 0.717) is 0 Å². The molecule has 0 radical (unpaired) electrons. The molecule has 4 heteroatoms. The Kier molecular flexibility index (Phi) is 3.34. The second-order valence-corrected chi connectivity index (χ2v) is 6.13. The summed E-state index contributed by atoms with van der Waals surface area (Å²) in [5.74, 6) is 0.669. The van der Waals surface area contributed by atoms with Crippen molar-refractivity contribution < 1.29 is 9.13 Å². The summed E-state index contributed by atoms with van der Waals surface area (Å²) in [6.07, 6.45) is 0.901. The molecule has 3 nitrogen and oxygen atoms in total. The monoisotopic (exact) mass is 310 g/mol. The van der Waals surface area contributed by atoms with Crippen molar-refractivity contribution in [3.63, 3.8) is 0 Å². The Morgan fingerprint density at radius 1 is 1.17 bits per heavy atom. The smallest absolute Gasteiger partial charge is 0.123 e. The fraction of sp³-hybridized carbons (Fsp3) is 0.263. The minimum absolute atomic E-state index is 0.0722. The van der Waals surface area contributed by atoms with Crippen molar-refractivity contribution >= 4 is 10.9 Å². The summed E-state index contributed by atoms with van der Waals surface area (Å²) in [6.45, 7) is 2.94. The molecular formula is C19H19FN2O. The van der Waals surface area contributed by atoms with Gasteiger partial charge in [0.15, 0.2) is 0 Å². The van der Waals surface area contributed by atoms with Gasteiger partial charge in [-0.3, -0.25) is 0 Å². The minimum Gasteiger partial charge on any atom is -0.497 e. The van der Waals surface area contributed by atoms with Crippen molar-refractivity contribution in [1.82, 2.24) is 10.3 Å². The Bertz CT molecular complexity index is 884. The lowest BCUT2D eigenvalue weighted by Crippen LogP contribution is -2.30. The first kappa shape index (κ1) is 14.3. The summed E-state index contributed by atoms with van der Waals surface area (Å²) < 4.78 is 19.0. The van der Waals surface area contributed by atoms with Gasteiger partial charge in [0, 0.05) is 23.1 Å². The Hall–Kier alpha value is -2.33. The average molecular weight is 310 g/mol. The van der Waals surface area contributed by atoms with E-state index in [0.717, 1.165) is 46.4 Å². The number of aryl methyl sites for hydroxylation is 1. The van der Waals surface area contributed by atoms with Crippen LogP contribution in [0.3, 0.4) is 0 Å². The van der Waals surface area contributed by atoms with Crippen molar-refractivity contribution in [3.05, 3.63) is 64.6 Å². The molecule has 1 atom stereocenters. The molecule has 2 aromatic carbocycles. The van der Waals surface area contributed by atoms with Gasteiger partial charge in [0.1, 0.15) is 11.6 Å². The van der Waals surface area contributed by atoms with E-state index >= 15 is 0 Å². The third-order valence-corrected chi connectivity index (χ3v) is 4.56. The zero-order chi connectivity index (χ0) is 16.0. The molecule has 3 aromatic rings. The molecule has 0 aliphatic carbocycles. The average Bonchev–Trinajstić information content (AvgIpc) is 2.92. The maximum absolute atomic E-state index is 13.6. The summed E-state index contributed by atoms with van der Waals surface area (Å²) in [4.78, 5) is 3.48. The van der Waals surface area contributed by atoms with Gasteiger partial charge in [0.2, 0.25) is 0 Å². The Labute approximate surface area is 134 Å². The molecule has 1 aliphatic rings. The van der Waals surface area contributed by atoms with Gasteiger partial charge in [-0.1, -0.05) is 6.07 Å². The number of halogens is 1. The van der Waals surface area contributed by atoms with Gasteiger partial charge in [0.05, 0.1) is 13.2 Å². The maximum atomic E-state index is 13.6. The summed E-state index contributed by atoms with van der Waals surface area (Å²) >= 11 is 0. The van der Waals surface area contributed by atoms with Gasteiger partial charge in [-0.15, -0.1) is 0 Å². The van der Waals surface area contributed by atoms with Gasteiger partial charge in [-0.2, -0.15) is 0 Å². The Morgan fingerprint density at radius 3 is 2.87 bits per heavy atom. The molecule has 0 fully saturated rings. The largest absolute Gasteiger partial charge is 0.497 e. The number of H-pyrrole nitrogens is 1. The number of ether oxygens (including phenoxy) is 1. The van der Waals surface area contributed by atoms with Crippen LogP contribution in [0.4, 0.5) is 4.39 Å². The van der Waals surface area contributed by atoms with Crippen LogP contribution >= 0.6 is 0 Å². The molecule has 1 aliphatic heterocycles. The van der Waals surface area contributed by atoms with Crippen LogP contribution in [-0.2, 0) is 6.42 Å². The van der Waals surface area contributed by atoms with E-state index in [9.17, 15) is 4.39 Å². The van der Waals surface area contributed by atoms with Crippen molar-refractivity contribution in [2.75, 3.05) is 13.7 Å². The highest BCUT2D eigenvalue weighted by Crippen LogP contribution is 2.35. The summed E-state index contributed by atoms with van der Waals surface area (Å²) in [7, 11) is 1.68. The third-order valence-electron chi connectivity index (χ3n) is 4.56. The topological polar surface area (TPSA) is 37.0 Å². The molecule has 0 bridgehead atoms. The van der Waals surface area contributed by atoms with Crippen LogP contribution in [-0.4, -0.2) is 18.6 Å². The number of aromatic nitrogens is 1. The van der Waals surface area contributed by atoms with Crippen molar-refractivity contribution in [3.8, 4) is 5.75 Å². The van der Waals surface area contributed by atoms with Gasteiger partial charge in [-0.25, -0.2) is 4.39 Å². The van der Waals surface area contributed by atoms with Crippen LogP contribution in [0.5, 0.6) is 5.75 Å². The number of nitrogens with one attached hydrogen (secondary N) is 2. The molecular weight excluding hydrogens is 291 g/mol. The summed E-state index contributed by atoms with van der Waals surface area (Å²) in [5.41, 5.74) is 5.66. The second kappa shape index (κ2) is 5.39. The molecule has 1 aromatic heterocycles. The van der Waals surface area contributed by atoms with Crippen LogP contribution in [0.1, 0.15) is 28.4 Å². The number of hydrogen-bond donors (Lipinski definition) is 2. The number of hydrogen-bond acceptors (Lipinski definition) is 2. The van der Waals surface area contributed by atoms with E-state index in [2.05, 4.69) is 29.4 Å². The lowest BCUT2D eigenvalue weighted by atomic mass is 9.93. The minimum atomic E-state index is -0.188. The summed E-state index contributed by atoms with van der Waals surface area (Å²) in [5, 5.41) is 4.56. The summed E-state index contributed by atoms with van der Waals surface area (Å²) in [6, 6.07) is 11.3. The molecule has 2 N–H and O–H groups in total. The van der Waals surface area contributed by atoms with E-state index in [1.54, 1.807) is 13.2 Å². The van der Waals surface area contributed by atoms with E-state index in [4.69, 9.17) is 4.74 Å². The molecule has 0 saturated carbocycles. The highest BCUT2D eigenvalue weighted by Gasteiger charge is 2.25. The van der Waals surface area contributed by atoms with Crippen molar-refractivity contribution in [1.29, 1.82) is 0 Å². The lowest BCUT2D eigenvalue weighted by Gasteiger charge is -2.25. The van der Waals surface area contributed by atoms with Crippen molar-refractivity contribution in [2.24, 2.45) is 0 Å². The molecule has 1 unspecified atom stereocenters. The quantitative estimate of drug-likeness (QED) is 0.754. The zero-order valence-electron chi connectivity index (χ0n) is 13.2. The van der Waals surface area contributed by atoms with E-state index < -0.39 is 0 Å². The third kappa shape index (κ3) is 2.39. The number of benzene rings is 2. The van der Waals surface area contributed by atoms with Crippen LogP contribution in [0.15, 0.2) is 36.4 Å². The first-order valence-corrected chi connectivity index (χ1v) is 7.84. The van der Waals surface area contributed by atoms with Crippen molar-refractivity contribution in [2.45, 2.75) is 19.4 Å². The van der Waals surface area contributed by atoms with Gasteiger partial charge >= 0.3 is 0 Å². The number of aromatic amines is 1. The number of rotatable bonds is 2. The highest BCUT2D eigenvalue weighted by atomic mass is 19.1. The second-order valence-electron chi connectivity index (χ2n) is 6.13. The van der Waals surface area contributed by atoms with Gasteiger partial charge in [0.25, 0.3) is 0 Å². The van der Waals surface area contributed by atoms with Crippen LogP contribution in [0.2, 0.25) is 0 Å². The van der Waals surface area contributed by atoms with Gasteiger partial charge < -0.3 is 15.0 Å². The first-order chi connectivity index (χ1) is 11.2. The maximum Gasteiger partial charge on any atom is 0.123 e. The van der Waals surface area contributed by atoms with E-state index in [-0.39, 0.29) is 11.9 Å². The molecule has 0 saturated heterocycles. The molecule has 0 amide bonds. The van der Waals surface area contributed by atoms with E-state index in [1.807, 2.05) is 12.1 Å². The number of fused-ring (bicyclic) bond motifs is 3. The van der Waals surface area contributed by atoms with Crippen LogP contribution in [0, 0.1) is 12.7 Å². The molecule has 2 heterocycles. The van der Waals surface area contributed by atoms with Crippen LogP contribution in [0.25, 0.3) is 10.9 Å². The number of methoxy groups -OCH3 is 1. The molecule has 23 heavy (non-hydrogen) atoms. The highest BCUT2D eigenvalue weighted by molar-refractivity contribution is 5.85. The predicted molar refractivity (Wildman–Crippen MR) is 89.5 cm³/mol. The van der Waals surface area contributed by atoms with Crippen LogP contribution < -0.4 is 10.1 Å². The fourth-order valence-electron chi connectivity index (χ4n) is 3.55. The zero-order valence-corrected chi connectivity index (χ0v) is 13.2. The van der Waals surface area contributed by atoms with E-state index in [1.165, 1.54) is 11.6 Å². The molecule has 4 rings (SSSR count). The SMILES string of the molecule is COc1cc(C)cc(C2NCCc3c2[nH]c2ccc(F)cc32)c1. The Balaban J connectivity index is 1.87. The normalized spacial score (nSPS) is 17.3. The molecule has 0 spiro atoms. The Morgan fingerprint density at radius 2 is 2.04 bits per heavy atom. The fourth-order valence-corrected chi connectivity index (χ4v) is 3.55. The van der Waals surface area contributed by atoms with Gasteiger partial charge in [-0.05, 0) is 60.4 Å². The standard InChI is InChI=1S/C19H19FN2O/c1-11-7-12(9-14(8-11)23-2)18-19-15(5-6-21-18)16-10-13(20)3-4-17(16)22-19/h3-4,7-10,18,21-22H,5-6H2,1-2H3. The predicted octanol–water partition coefficient (Wildman–Crippen LogP) is 3.86. The first-order valence-electron chi connectivity index (χ1n) is 7.84.